The van der Waals surface area contributed by atoms with Crippen molar-refractivity contribution in [3.8, 4) is 0 Å². The second-order valence-electron chi connectivity index (χ2n) is 9.98. The molecule has 1 aliphatic rings. The summed E-state index contributed by atoms with van der Waals surface area (Å²) in [6, 6.07) is 8.28. The predicted octanol–water partition coefficient (Wildman–Crippen LogP) is 7.42. The predicted molar refractivity (Wildman–Crippen MR) is 134 cm³/mol. The zero-order valence-corrected chi connectivity index (χ0v) is 20.4. The lowest BCUT2D eigenvalue weighted by molar-refractivity contribution is 0.262. The van der Waals surface area contributed by atoms with Crippen LogP contribution in [0.4, 0.5) is 30.6 Å². The lowest BCUT2D eigenvalue weighted by atomic mass is 9.88. The van der Waals surface area contributed by atoms with Crippen molar-refractivity contribution in [2.45, 2.75) is 58.9 Å². The molecule has 0 aromatic heterocycles. The van der Waals surface area contributed by atoms with E-state index in [1.165, 1.54) is 6.07 Å². The largest absolute Gasteiger partial charge is 0.369 e. The Kier molecular flexibility index (Phi) is 8.14. The average molecular weight is 469 g/mol. The van der Waals surface area contributed by atoms with E-state index in [4.69, 9.17) is 6.57 Å². The van der Waals surface area contributed by atoms with E-state index in [1.807, 2.05) is 18.2 Å². The minimum atomic E-state index is -0.844. The zero-order valence-electron chi connectivity index (χ0n) is 20.4. The van der Waals surface area contributed by atoms with E-state index in [2.05, 4.69) is 48.1 Å². The third-order valence-corrected chi connectivity index (χ3v) is 6.12. The van der Waals surface area contributed by atoms with E-state index < -0.39 is 23.2 Å². The molecule has 0 saturated heterocycles. The van der Waals surface area contributed by atoms with Gasteiger partial charge >= 0.3 is 6.03 Å². The molecule has 2 amide bonds. The first-order valence-corrected chi connectivity index (χ1v) is 11.9. The van der Waals surface area contributed by atoms with Crippen LogP contribution in [0.15, 0.2) is 36.4 Å². The topological polar surface area (TPSA) is 48.7 Å². The number of rotatable bonds is 8. The standard InChI is InChI=1S/C27H34F2N4O/c1-18(2)16-33(17-19(3)4)25-11-8-20(27(30-5)12-6-7-13-27)14-24(25)32-26(34)31-23-10-9-21(28)15-22(23)29/h8-11,14-15,18-19H,6-7,12-13,16-17H2,1-4H3,(H2,31,32,34). The molecule has 5 nitrogen and oxygen atoms in total. The van der Waals surface area contributed by atoms with Gasteiger partial charge < -0.3 is 20.4 Å². The van der Waals surface area contributed by atoms with E-state index in [9.17, 15) is 13.6 Å². The van der Waals surface area contributed by atoms with Crippen molar-refractivity contribution in [1.29, 1.82) is 0 Å². The van der Waals surface area contributed by atoms with Crippen molar-refractivity contribution in [1.82, 2.24) is 0 Å². The van der Waals surface area contributed by atoms with Gasteiger partial charge in [0.1, 0.15) is 11.6 Å². The molecular weight excluding hydrogens is 434 g/mol. The molecular formula is C27H34F2N4O. The van der Waals surface area contributed by atoms with Crippen LogP contribution in [0, 0.1) is 30.0 Å². The van der Waals surface area contributed by atoms with Crippen LogP contribution in [0.1, 0.15) is 58.9 Å². The monoisotopic (exact) mass is 468 g/mol. The summed E-state index contributed by atoms with van der Waals surface area (Å²) in [6.07, 6.45) is 3.60. The molecule has 3 rings (SSSR count). The molecule has 0 spiro atoms. The Morgan fingerprint density at radius 1 is 1.00 bits per heavy atom. The number of nitrogens with one attached hydrogen (secondary N) is 2. The molecule has 2 N–H and O–H groups in total. The molecule has 0 unspecified atom stereocenters. The number of hydrogen-bond acceptors (Lipinski definition) is 2. The Morgan fingerprint density at radius 3 is 2.18 bits per heavy atom. The van der Waals surface area contributed by atoms with Crippen molar-refractivity contribution in [3.05, 3.63) is 65.0 Å². The Balaban J connectivity index is 1.98. The fourth-order valence-corrected chi connectivity index (χ4v) is 4.65. The molecule has 0 bridgehead atoms. The number of nitrogens with zero attached hydrogens (tertiary/aromatic N) is 2. The first-order chi connectivity index (χ1) is 16.1. The Labute approximate surface area is 201 Å². The second kappa shape index (κ2) is 10.9. The lowest BCUT2D eigenvalue weighted by Gasteiger charge is -2.31. The van der Waals surface area contributed by atoms with E-state index in [0.717, 1.165) is 62.2 Å². The molecule has 34 heavy (non-hydrogen) atoms. The molecule has 7 heteroatoms. The average Bonchev–Trinajstić information content (AvgIpc) is 3.25. The SMILES string of the molecule is [C-]#[N+]C1(c2ccc(N(CC(C)C)CC(C)C)c(NC(=O)Nc3ccc(F)cc3F)c2)CCCC1. The van der Waals surface area contributed by atoms with Crippen LogP contribution in [-0.4, -0.2) is 19.1 Å². The summed E-state index contributed by atoms with van der Waals surface area (Å²) >= 11 is 0. The fourth-order valence-electron chi connectivity index (χ4n) is 4.65. The van der Waals surface area contributed by atoms with Crippen LogP contribution in [-0.2, 0) is 5.54 Å². The summed E-state index contributed by atoms with van der Waals surface area (Å²) in [4.78, 5) is 19.1. The maximum Gasteiger partial charge on any atom is 0.323 e. The molecule has 1 fully saturated rings. The maximum atomic E-state index is 14.1. The van der Waals surface area contributed by atoms with Gasteiger partial charge in [0, 0.05) is 37.6 Å². The van der Waals surface area contributed by atoms with Gasteiger partial charge in [-0.25, -0.2) is 20.1 Å². The highest BCUT2D eigenvalue weighted by atomic mass is 19.1. The number of amides is 2. The highest BCUT2D eigenvalue weighted by molar-refractivity contribution is 6.02. The molecule has 2 aromatic carbocycles. The summed E-state index contributed by atoms with van der Waals surface area (Å²) in [5.74, 6) is -0.753. The van der Waals surface area contributed by atoms with Crippen molar-refractivity contribution < 1.29 is 13.6 Å². The Bertz CT molecular complexity index is 1050. The number of carbonyl (C=O) groups is 1. The maximum absolute atomic E-state index is 14.1. The van der Waals surface area contributed by atoms with Gasteiger partial charge in [-0.15, -0.1) is 0 Å². The van der Waals surface area contributed by atoms with Gasteiger partial charge in [0.15, 0.2) is 0 Å². The first kappa shape index (κ1) is 25.5. The van der Waals surface area contributed by atoms with Crippen molar-refractivity contribution in [2.75, 3.05) is 28.6 Å². The van der Waals surface area contributed by atoms with E-state index >= 15 is 0 Å². The van der Waals surface area contributed by atoms with Crippen molar-refractivity contribution in [2.24, 2.45) is 11.8 Å². The molecule has 0 atom stereocenters. The highest BCUT2D eigenvalue weighted by Crippen LogP contribution is 2.44. The lowest BCUT2D eigenvalue weighted by Crippen LogP contribution is -2.33. The van der Waals surface area contributed by atoms with Crippen LogP contribution in [0.25, 0.3) is 4.85 Å². The van der Waals surface area contributed by atoms with Crippen molar-refractivity contribution >= 4 is 23.1 Å². The van der Waals surface area contributed by atoms with Gasteiger partial charge in [-0.3, -0.25) is 0 Å². The van der Waals surface area contributed by atoms with Crippen LogP contribution in [0.2, 0.25) is 0 Å². The number of anilines is 3. The summed E-state index contributed by atoms with van der Waals surface area (Å²) in [5, 5.41) is 5.35. The molecule has 2 aromatic rings. The summed E-state index contributed by atoms with van der Waals surface area (Å²) in [7, 11) is 0. The van der Waals surface area contributed by atoms with Gasteiger partial charge in [-0.05, 0) is 55.0 Å². The van der Waals surface area contributed by atoms with E-state index in [1.54, 1.807) is 0 Å². The number of carbonyl (C=O) groups excluding carboxylic acids is 1. The van der Waals surface area contributed by atoms with Gasteiger partial charge in [-0.2, -0.15) is 0 Å². The van der Waals surface area contributed by atoms with Crippen LogP contribution in [0.3, 0.4) is 0 Å². The number of halogens is 2. The molecule has 182 valence electrons. The third-order valence-electron chi connectivity index (χ3n) is 6.12. The van der Waals surface area contributed by atoms with Crippen LogP contribution < -0.4 is 15.5 Å². The van der Waals surface area contributed by atoms with Gasteiger partial charge in [0.2, 0.25) is 0 Å². The van der Waals surface area contributed by atoms with E-state index in [-0.39, 0.29) is 5.69 Å². The van der Waals surface area contributed by atoms with Crippen molar-refractivity contribution in [3.63, 3.8) is 0 Å². The summed E-state index contributed by atoms with van der Waals surface area (Å²) in [6.45, 7) is 18.0. The fraction of sp³-hybridized carbons (Fsp3) is 0.481. The van der Waals surface area contributed by atoms with Gasteiger partial charge in [0.05, 0.1) is 17.1 Å². The van der Waals surface area contributed by atoms with E-state index in [0.29, 0.717) is 17.5 Å². The highest BCUT2D eigenvalue weighted by Gasteiger charge is 2.42. The second-order valence-corrected chi connectivity index (χ2v) is 9.98. The molecule has 0 heterocycles. The molecule has 0 radical (unpaired) electrons. The molecule has 0 aliphatic heterocycles. The normalized spacial score (nSPS) is 14.8. The first-order valence-electron chi connectivity index (χ1n) is 11.9. The summed E-state index contributed by atoms with van der Waals surface area (Å²) in [5.41, 5.74) is 1.65. The minimum absolute atomic E-state index is 0.105. The van der Waals surface area contributed by atoms with Gasteiger partial charge in [-0.1, -0.05) is 27.7 Å². The zero-order chi connectivity index (χ0) is 24.9. The quantitative estimate of drug-likeness (QED) is 0.396. The minimum Gasteiger partial charge on any atom is -0.369 e. The Hall–Kier alpha value is -3.14. The van der Waals surface area contributed by atoms with Crippen LogP contribution in [0.5, 0.6) is 0 Å². The third kappa shape index (κ3) is 6.05. The van der Waals surface area contributed by atoms with Crippen LogP contribution >= 0.6 is 0 Å². The smallest absolute Gasteiger partial charge is 0.323 e. The summed E-state index contributed by atoms with van der Waals surface area (Å²) < 4.78 is 27.3. The molecule has 1 saturated carbocycles. The Morgan fingerprint density at radius 2 is 1.62 bits per heavy atom. The molecule has 1 aliphatic carbocycles. The number of urea groups is 1. The number of benzene rings is 2. The van der Waals surface area contributed by atoms with Gasteiger partial charge in [0.25, 0.3) is 5.54 Å². The number of hydrogen-bond donors (Lipinski definition) is 2.